The highest BCUT2D eigenvalue weighted by molar-refractivity contribution is 5.82. The van der Waals surface area contributed by atoms with Crippen molar-refractivity contribution in [3.63, 3.8) is 0 Å². The molecule has 0 aliphatic heterocycles. The summed E-state index contributed by atoms with van der Waals surface area (Å²) in [5.41, 5.74) is 7.80. The van der Waals surface area contributed by atoms with Crippen molar-refractivity contribution >= 4 is 17.6 Å². The minimum atomic E-state index is -0.974. The van der Waals surface area contributed by atoms with Gasteiger partial charge in [-0.1, -0.05) is 68.0 Å². The van der Waals surface area contributed by atoms with Crippen LogP contribution in [-0.4, -0.2) is 29.2 Å². The van der Waals surface area contributed by atoms with Crippen LogP contribution in [0.5, 0.6) is 0 Å². The highest BCUT2D eigenvalue weighted by Gasteiger charge is 2.57. The minimum Gasteiger partial charge on any atom is -0.444 e. The molecule has 0 radical (unpaired) electrons. The van der Waals surface area contributed by atoms with Gasteiger partial charge in [0.25, 0.3) is 0 Å². The molecule has 6 rings (SSSR count). The smallest absolute Gasteiger partial charge is 0.408 e. The number of alkyl carbamates (subject to hydrolysis) is 1. The van der Waals surface area contributed by atoms with Crippen LogP contribution in [0.25, 0.3) is 5.57 Å². The van der Waals surface area contributed by atoms with Crippen LogP contribution in [0, 0.1) is 34.5 Å². The first-order valence-corrected chi connectivity index (χ1v) is 16.8. The Morgan fingerprint density at radius 3 is 2.51 bits per heavy atom. The molecule has 2 N–H and O–H groups in total. The first-order valence-electron chi connectivity index (χ1n) is 16.8. The maximum absolute atomic E-state index is 13.2. The molecule has 2 unspecified atom stereocenters. The molecule has 4 aliphatic carbocycles. The number of benzene rings is 1. The molecule has 4 aliphatic rings. The van der Waals surface area contributed by atoms with E-state index in [4.69, 9.17) is 9.57 Å². The number of amides is 1. The summed E-state index contributed by atoms with van der Waals surface area (Å²) in [5, 5.41) is 2.68. The van der Waals surface area contributed by atoms with Gasteiger partial charge in [-0.05, 0) is 123 Å². The lowest BCUT2D eigenvalue weighted by Crippen LogP contribution is -2.50. The zero-order valence-corrected chi connectivity index (χ0v) is 27.5. The standard InChI is InChI=1S/C38H49N3O4/c1-36(2,3)44-35(43)41-33(26-10-7-6-8-11-26)34(42)45-40-23-25-17-19-37(4)28(22-25)13-14-29-31-16-15-30(27-12-9-21-39-24-27)38(31,5)20-18-32(29)37/h6-12,15,21-22,24-25,29,31-33,40H,13-14,16-20,23H2,1-5H3,(H,41,43)/t25?,29-,31+,32+,33?,37+,38-/m1/s1. The second-order valence-corrected chi connectivity index (χ2v) is 15.1. The summed E-state index contributed by atoms with van der Waals surface area (Å²) in [6.45, 7) is 11.0. The van der Waals surface area contributed by atoms with Crippen LogP contribution in [0.4, 0.5) is 4.79 Å². The van der Waals surface area contributed by atoms with E-state index in [1.54, 1.807) is 38.5 Å². The number of ether oxygens (including phenoxy) is 1. The zero-order chi connectivity index (χ0) is 31.8. The van der Waals surface area contributed by atoms with Crippen LogP contribution in [-0.2, 0) is 14.4 Å². The van der Waals surface area contributed by atoms with Crippen LogP contribution < -0.4 is 10.8 Å². The third kappa shape index (κ3) is 6.33. The summed E-state index contributed by atoms with van der Waals surface area (Å²) in [5.74, 6) is 1.90. The number of fused-ring (bicyclic) bond motifs is 5. The average molecular weight is 612 g/mol. The molecule has 2 saturated carbocycles. The van der Waals surface area contributed by atoms with Gasteiger partial charge in [-0.3, -0.25) is 4.98 Å². The predicted molar refractivity (Wildman–Crippen MR) is 175 cm³/mol. The van der Waals surface area contributed by atoms with E-state index in [2.05, 4.69) is 53.9 Å². The summed E-state index contributed by atoms with van der Waals surface area (Å²) in [4.78, 5) is 35.7. The Balaban J connectivity index is 1.07. The number of nitrogens with zero attached hydrogens (tertiary/aromatic N) is 1. The molecule has 0 saturated heterocycles. The Morgan fingerprint density at radius 1 is 1.00 bits per heavy atom. The van der Waals surface area contributed by atoms with Gasteiger partial charge < -0.3 is 14.9 Å². The van der Waals surface area contributed by atoms with E-state index in [0.29, 0.717) is 23.9 Å². The number of aromatic nitrogens is 1. The highest BCUT2D eigenvalue weighted by atomic mass is 16.7. The number of carbonyl (C=O) groups is 2. The molecule has 240 valence electrons. The Labute approximate surface area is 268 Å². The third-order valence-corrected chi connectivity index (χ3v) is 11.3. The second-order valence-electron chi connectivity index (χ2n) is 15.1. The Morgan fingerprint density at radius 2 is 1.78 bits per heavy atom. The highest BCUT2D eigenvalue weighted by Crippen LogP contribution is 2.66. The summed E-state index contributed by atoms with van der Waals surface area (Å²) >= 11 is 0. The molecule has 2 fully saturated rings. The van der Waals surface area contributed by atoms with Crippen LogP contribution in [0.2, 0.25) is 0 Å². The van der Waals surface area contributed by atoms with Crippen molar-refractivity contribution in [2.24, 2.45) is 34.5 Å². The van der Waals surface area contributed by atoms with Gasteiger partial charge in [0, 0.05) is 18.9 Å². The van der Waals surface area contributed by atoms with Crippen molar-refractivity contribution in [3.8, 4) is 0 Å². The van der Waals surface area contributed by atoms with E-state index in [-0.39, 0.29) is 10.8 Å². The van der Waals surface area contributed by atoms with E-state index in [1.165, 1.54) is 43.2 Å². The largest absolute Gasteiger partial charge is 0.444 e. The molecule has 0 spiro atoms. The molecular formula is C38H49N3O4. The van der Waals surface area contributed by atoms with E-state index in [9.17, 15) is 9.59 Å². The van der Waals surface area contributed by atoms with Crippen LogP contribution in [0.1, 0.15) is 96.7 Å². The SMILES string of the molecule is CC(C)(C)OC(=O)NC(C(=O)ONCC1C=C2CC[C@H]3[C@H](CC[C@]4(C)C(c5cccnc5)=CC[C@@H]34)[C@@]2(C)CC1)c1ccccc1. The molecule has 1 aromatic carbocycles. The number of hydrogen-bond acceptors (Lipinski definition) is 6. The monoisotopic (exact) mass is 611 g/mol. The van der Waals surface area contributed by atoms with E-state index < -0.39 is 23.7 Å². The molecule has 7 nitrogen and oxygen atoms in total. The maximum atomic E-state index is 13.2. The molecule has 7 heteroatoms. The Bertz CT molecular complexity index is 1450. The fraction of sp³-hybridized carbons (Fsp3) is 0.553. The first kappa shape index (κ1) is 31.5. The van der Waals surface area contributed by atoms with Gasteiger partial charge in [-0.2, -0.15) is 5.48 Å². The van der Waals surface area contributed by atoms with Crippen LogP contribution in [0.3, 0.4) is 0 Å². The quantitative estimate of drug-likeness (QED) is 0.244. The number of hydrogen-bond donors (Lipinski definition) is 2. The van der Waals surface area contributed by atoms with Crippen molar-refractivity contribution < 1.29 is 19.2 Å². The predicted octanol–water partition coefficient (Wildman–Crippen LogP) is 7.97. The summed E-state index contributed by atoms with van der Waals surface area (Å²) in [7, 11) is 0. The van der Waals surface area contributed by atoms with Crippen molar-refractivity contribution in [2.75, 3.05) is 6.54 Å². The van der Waals surface area contributed by atoms with Crippen molar-refractivity contribution in [1.29, 1.82) is 0 Å². The lowest BCUT2D eigenvalue weighted by Gasteiger charge is -2.58. The topological polar surface area (TPSA) is 89.5 Å². The fourth-order valence-corrected chi connectivity index (χ4v) is 9.13. The molecule has 7 atom stereocenters. The molecule has 2 aromatic rings. The van der Waals surface area contributed by atoms with Crippen LogP contribution in [0.15, 0.2) is 72.6 Å². The van der Waals surface area contributed by atoms with Gasteiger partial charge >= 0.3 is 12.1 Å². The summed E-state index contributed by atoms with van der Waals surface area (Å²) in [6.07, 6.45) is 16.6. The fourth-order valence-electron chi connectivity index (χ4n) is 9.13. The zero-order valence-electron chi connectivity index (χ0n) is 27.5. The third-order valence-electron chi connectivity index (χ3n) is 11.3. The summed E-state index contributed by atoms with van der Waals surface area (Å²) < 4.78 is 5.40. The van der Waals surface area contributed by atoms with Crippen molar-refractivity contribution in [2.45, 2.75) is 91.2 Å². The summed E-state index contributed by atoms with van der Waals surface area (Å²) in [6, 6.07) is 12.4. The van der Waals surface area contributed by atoms with Gasteiger partial charge in [0.2, 0.25) is 0 Å². The molecule has 1 heterocycles. The number of carbonyl (C=O) groups excluding carboxylic acids is 2. The van der Waals surface area contributed by atoms with Gasteiger partial charge in [0.1, 0.15) is 5.60 Å². The number of rotatable bonds is 7. The molecule has 0 bridgehead atoms. The van der Waals surface area contributed by atoms with E-state index >= 15 is 0 Å². The van der Waals surface area contributed by atoms with Crippen molar-refractivity contribution in [1.82, 2.24) is 15.8 Å². The number of pyridine rings is 1. The first-order chi connectivity index (χ1) is 21.5. The minimum absolute atomic E-state index is 0.239. The molecule has 1 aromatic heterocycles. The normalized spacial score (nSPS) is 31.3. The van der Waals surface area contributed by atoms with Gasteiger partial charge in [0.15, 0.2) is 6.04 Å². The van der Waals surface area contributed by atoms with Gasteiger partial charge in [-0.15, -0.1) is 0 Å². The maximum Gasteiger partial charge on any atom is 0.408 e. The second kappa shape index (κ2) is 12.4. The number of nitrogens with one attached hydrogen (secondary N) is 2. The van der Waals surface area contributed by atoms with Gasteiger partial charge in [-0.25, -0.2) is 9.59 Å². The number of hydroxylamine groups is 1. The Kier molecular flexibility index (Phi) is 8.68. The molecule has 1 amide bonds. The van der Waals surface area contributed by atoms with Gasteiger partial charge in [0.05, 0.1) is 0 Å². The Hall–Kier alpha value is -3.45. The molecule has 45 heavy (non-hydrogen) atoms. The van der Waals surface area contributed by atoms with E-state index in [1.807, 2.05) is 30.6 Å². The number of allylic oxidation sites excluding steroid dienone is 3. The van der Waals surface area contributed by atoms with Crippen LogP contribution >= 0.6 is 0 Å². The lowest BCUT2D eigenvalue weighted by atomic mass is 9.46. The van der Waals surface area contributed by atoms with E-state index in [0.717, 1.165) is 24.7 Å². The molecular weight excluding hydrogens is 562 g/mol. The average Bonchev–Trinajstić information content (AvgIpc) is 3.37. The lowest BCUT2D eigenvalue weighted by molar-refractivity contribution is -0.154. The van der Waals surface area contributed by atoms with Crippen molar-refractivity contribution in [3.05, 3.63) is 83.7 Å².